The van der Waals surface area contributed by atoms with E-state index < -0.39 is 18.2 Å². The smallest absolute Gasteiger partial charge is 0.306 e. The van der Waals surface area contributed by atoms with Crippen molar-refractivity contribution in [3.05, 3.63) is 12.2 Å². The lowest BCUT2D eigenvalue weighted by atomic mass is 10.0. The van der Waals surface area contributed by atoms with Crippen molar-refractivity contribution in [3.8, 4) is 0 Å². The fraction of sp³-hybridized carbons (Fsp3) is 0.923. The summed E-state index contributed by atoms with van der Waals surface area (Å²) in [5, 5.41) is 23.7. The van der Waals surface area contributed by atoms with Crippen LogP contribution in [0.25, 0.3) is 0 Å². The summed E-state index contributed by atoms with van der Waals surface area (Å²) in [5.74, 6) is -0.467. The zero-order valence-corrected chi connectivity index (χ0v) is 39.2. The highest BCUT2D eigenvalue weighted by Crippen LogP contribution is 2.18. The van der Waals surface area contributed by atoms with E-state index >= 15 is 0 Å². The van der Waals surface area contributed by atoms with Crippen LogP contribution in [0, 0.1) is 0 Å². The number of allylic oxidation sites excluding steroid dienone is 2. The van der Waals surface area contributed by atoms with Gasteiger partial charge in [0.05, 0.1) is 25.2 Å². The maximum atomic E-state index is 13.2. The van der Waals surface area contributed by atoms with Crippen LogP contribution in [0.15, 0.2) is 12.2 Å². The molecule has 3 unspecified atom stereocenters. The van der Waals surface area contributed by atoms with Crippen LogP contribution < -0.4 is 5.32 Å². The van der Waals surface area contributed by atoms with E-state index in [1.54, 1.807) is 0 Å². The molecule has 344 valence electrons. The lowest BCUT2D eigenvalue weighted by molar-refractivity contribution is -0.151. The molecule has 6 nitrogen and oxygen atoms in total. The number of rotatable bonds is 47. The van der Waals surface area contributed by atoms with Gasteiger partial charge in [-0.05, 0) is 51.4 Å². The molecule has 3 N–H and O–H groups in total. The third-order valence-electron chi connectivity index (χ3n) is 12.1. The molecule has 0 aromatic carbocycles. The van der Waals surface area contributed by atoms with Crippen LogP contribution in [-0.4, -0.2) is 46.9 Å². The van der Waals surface area contributed by atoms with Gasteiger partial charge in [-0.25, -0.2) is 0 Å². The van der Waals surface area contributed by atoms with Gasteiger partial charge in [-0.2, -0.15) is 0 Å². The zero-order valence-electron chi connectivity index (χ0n) is 39.2. The molecule has 6 heteroatoms. The molecule has 1 amide bonds. The number of hydrogen-bond acceptors (Lipinski definition) is 5. The predicted octanol–water partition coefficient (Wildman–Crippen LogP) is 15.3. The molecule has 0 spiro atoms. The summed E-state index contributed by atoms with van der Waals surface area (Å²) in [4.78, 5) is 26.1. The van der Waals surface area contributed by atoms with Gasteiger partial charge in [-0.1, -0.05) is 232 Å². The zero-order chi connectivity index (χ0) is 42.4. The Morgan fingerprint density at radius 3 is 1.22 bits per heavy atom. The number of amides is 1. The van der Waals surface area contributed by atoms with Crippen molar-refractivity contribution in [2.45, 2.75) is 302 Å². The molecule has 0 aromatic heterocycles. The van der Waals surface area contributed by atoms with E-state index in [-0.39, 0.29) is 24.9 Å². The molecule has 0 heterocycles. The third-order valence-corrected chi connectivity index (χ3v) is 12.1. The first-order valence-electron chi connectivity index (χ1n) is 25.9. The highest BCUT2D eigenvalue weighted by atomic mass is 16.5. The maximum Gasteiger partial charge on any atom is 0.306 e. The van der Waals surface area contributed by atoms with Crippen LogP contribution in [0.1, 0.15) is 284 Å². The molecule has 0 radical (unpaired) electrons. The Hall–Kier alpha value is -1.40. The van der Waals surface area contributed by atoms with Crippen LogP contribution >= 0.6 is 0 Å². The summed E-state index contributed by atoms with van der Waals surface area (Å²) in [7, 11) is 0. The Bertz CT molecular complexity index is 878. The number of aliphatic hydroxyl groups excluding tert-OH is 2. The summed E-state index contributed by atoms with van der Waals surface area (Å²) in [6, 6.07) is -0.695. The standard InChI is InChI=1S/C52H101NO5/c1-4-7-10-13-16-19-21-23-25-26-28-30-33-36-39-42-45-52(57)58-48(43-40-37-34-32-29-27-24-22-20-17-14-11-8-5-2)46-51(56)53-49(47-54)50(55)44-41-38-35-31-18-15-12-9-6-3/h25-26,48-50,54-55H,4-24,27-47H2,1-3H3,(H,53,56)/b26-25+. The number of carbonyl (C=O) groups excluding carboxylic acids is 2. The first kappa shape index (κ1) is 56.6. The van der Waals surface area contributed by atoms with E-state index in [4.69, 9.17) is 4.74 Å². The van der Waals surface area contributed by atoms with Crippen molar-refractivity contribution >= 4 is 11.9 Å². The third kappa shape index (κ3) is 41.3. The van der Waals surface area contributed by atoms with Crippen LogP contribution in [-0.2, 0) is 14.3 Å². The van der Waals surface area contributed by atoms with E-state index in [0.717, 1.165) is 51.4 Å². The van der Waals surface area contributed by atoms with Gasteiger partial charge >= 0.3 is 5.97 Å². The minimum atomic E-state index is -0.781. The van der Waals surface area contributed by atoms with Crippen molar-refractivity contribution < 1.29 is 24.5 Å². The number of esters is 1. The van der Waals surface area contributed by atoms with Gasteiger partial charge < -0.3 is 20.3 Å². The average Bonchev–Trinajstić information content (AvgIpc) is 3.22. The SMILES string of the molecule is CCCCCCCCC/C=C/CCCCCCCC(=O)OC(CCCCCCCCCCCCCCCC)CC(=O)NC(CO)C(O)CCCCCCCCCCC. The lowest BCUT2D eigenvalue weighted by Gasteiger charge is -2.24. The van der Waals surface area contributed by atoms with Crippen molar-refractivity contribution in [2.75, 3.05) is 6.61 Å². The van der Waals surface area contributed by atoms with E-state index in [1.807, 2.05) is 0 Å². The topological polar surface area (TPSA) is 95.9 Å². The number of nitrogens with one attached hydrogen (secondary N) is 1. The van der Waals surface area contributed by atoms with Crippen molar-refractivity contribution in [3.63, 3.8) is 0 Å². The Morgan fingerprint density at radius 1 is 0.483 bits per heavy atom. The largest absolute Gasteiger partial charge is 0.462 e. The summed E-state index contributed by atoms with van der Waals surface area (Å²) in [6.07, 6.45) is 51.3. The van der Waals surface area contributed by atoms with Gasteiger partial charge in [0.15, 0.2) is 0 Å². The molecule has 0 fully saturated rings. The van der Waals surface area contributed by atoms with Gasteiger partial charge in [0.1, 0.15) is 6.10 Å². The van der Waals surface area contributed by atoms with Gasteiger partial charge in [0.2, 0.25) is 5.91 Å². The molecular weight excluding hydrogens is 719 g/mol. The van der Waals surface area contributed by atoms with E-state index in [2.05, 4.69) is 38.2 Å². The van der Waals surface area contributed by atoms with Gasteiger partial charge in [0, 0.05) is 6.42 Å². The Labute approximate surface area is 361 Å². The maximum absolute atomic E-state index is 13.2. The highest BCUT2D eigenvalue weighted by Gasteiger charge is 2.24. The van der Waals surface area contributed by atoms with Crippen molar-refractivity contribution in [2.24, 2.45) is 0 Å². The number of aliphatic hydroxyl groups is 2. The Morgan fingerprint density at radius 2 is 0.828 bits per heavy atom. The number of hydrogen-bond donors (Lipinski definition) is 3. The molecule has 0 aliphatic heterocycles. The second-order valence-electron chi connectivity index (χ2n) is 17.9. The summed E-state index contributed by atoms with van der Waals surface area (Å²) >= 11 is 0. The van der Waals surface area contributed by atoms with Crippen LogP contribution in [0.2, 0.25) is 0 Å². The van der Waals surface area contributed by atoms with Crippen molar-refractivity contribution in [1.82, 2.24) is 5.32 Å². The van der Waals surface area contributed by atoms with E-state index in [1.165, 1.54) is 186 Å². The summed E-state index contributed by atoms with van der Waals surface area (Å²) in [6.45, 7) is 6.48. The molecule has 3 atom stereocenters. The Balaban J connectivity index is 4.53. The molecular formula is C52H101NO5. The fourth-order valence-electron chi connectivity index (χ4n) is 8.13. The van der Waals surface area contributed by atoms with Crippen LogP contribution in [0.5, 0.6) is 0 Å². The van der Waals surface area contributed by atoms with Gasteiger partial charge in [0.25, 0.3) is 0 Å². The second-order valence-corrected chi connectivity index (χ2v) is 17.9. The predicted molar refractivity (Wildman–Crippen MR) is 250 cm³/mol. The summed E-state index contributed by atoms with van der Waals surface area (Å²) in [5.41, 5.74) is 0. The van der Waals surface area contributed by atoms with Crippen LogP contribution in [0.3, 0.4) is 0 Å². The molecule has 58 heavy (non-hydrogen) atoms. The quantitative estimate of drug-likeness (QED) is 0.0323. The molecule has 0 aliphatic rings. The minimum absolute atomic E-state index is 0.0813. The minimum Gasteiger partial charge on any atom is -0.462 e. The van der Waals surface area contributed by atoms with Gasteiger partial charge in [-0.3, -0.25) is 9.59 Å². The summed E-state index contributed by atoms with van der Waals surface area (Å²) < 4.78 is 5.93. The first-order chi connectivity index (χ1) is 28.5. The van der Waals surface area contributed by atoms with Crippen molar-refractivity contribution in [1.29, 1.82) is 0 Å². The normalized spacial score (nSPS) is 13.3. The van der Waals surface area contributed by atoms with E-state index in [0.29, 0.717) is 19.3 Å². The number of carbonyl (C=O) groups is 2. The average molecular weight is 820 g/mol. The number of ether oxygens (including phenoxy) is 1. The fourth-order valence-corrected chi connectivity index (χ4v) is 8.13. The first-order valence-corrected chi connectivity index (χ1v) is 25.9. The molecule has 0 saturated carbocycles. The Kier molecular flexibility index (Phi) is 45.5. The van der Waals surface area contributed by atoms with E-state index in [9.17, 15) is 19.8 Å². The van der Waals surface area contributed by atoms with Gasteiger partial charge in [-0.15, -0.1) is 0 Å². The van der Waals surface area contributed by atoms with Crippen LogP contribution in [0.4, 0.5) is 0 Å². The lowest BCUT2D eigenvalue weighted by Crippen LogP contribution is -2.46. The molecule has 0 aliphatic carbocycles. The molecule has 0 rings (SSSR count). The number of unbranched alkanes of at least 4 members (excludes halogenated alkanes) is 33. The second kappa shape index (κ2) is 46.7. The molecule has 0 bridgehead atoms. The highest BCUT2D eigenvalue weighted by molar-refractivity contribution is 5.77. The molecule has 0 aromatic rings. The monoisotopic (exact) mass is 820 g/mol. The molecule has 0 saturated heterocycles.